The van der Waals surface area contributed by atoms with Gasteiger partial charge in [0.15, 0.2) is 0 Å². The van der Waals surface area contributed by atoms with Gasteiger partial charge >= 0.3 is 0 Å². The minimum Gasteiger partial charge on any atom is -0.497 e. The van der Waals surface area contributed by atoms with Gasteiger partial charge in [-0.15, -0.1) is 0 Å². The molecule has 3 N–H and O–H groups in total. The first-order valence-electron chi connectivity index (χ1n) is 7.55. The molecule has 1 saturated heterocycles. The smallest absolute Gasteiger partial charge is 0.126 e. The van der Waals surface area contributed by atoms with Gasteiger partial charge in [0.2, 0.25) is 0 Å². The third-order valence-electron chi connectivity index (χ3n) is 4.93. The van der Waals surface area contributed by atoms with E-state index in [1.807, 2.05) is 12.1 Å². The van der Waals surface area contributed by atoms with Crippen LogP contribution in [0.4, 0.5) is 0 Å². The summed E-state index contributed by atoms with van der Waals surface area (Å²) in [5.74, 6) is 2.20. The third kappa shape index (κ3) is 2.61. The lowest BCUT2D eigenvalue weighted by atomic mass is 9.72. The lowest BCUT2D eigenvalue weighted by molar-refractivity contribution is 0.0494. The van der Waals surface area contributed by atoms with Gasteiger partial charge in [-0.3, -0.25) is 10.9 Å². The fourth-order valence-electron chi connectivity index (χ4n) is 3.86. The predicted molar refractivity (Wildman–Crippen MR) is 80.5 cm³/mol. The molecule has 2 aliphatic rings. The van der Waals surface area contributed by atoms with E-state index in [-0.39, 0.29) is 12.0 Å². The lowest BCUT2D eigenvalue weighted by Gasteiger charge is -2.37. The molecular formula is C16H24N2O3. The van der Waals surface area contributed by atoms with Crippen LogP contribution in [0, 0.1) is 5.92 Å². The molecule has 0 amide bonds. The summed E-state index contributed by atoms with van der Waals surface area (Å²) in [5, 5.41) is 10.5. The van der Waals surface area contributed by atoms with Crippen molar-refractivity contribution in [2.45, 2.75) is 43.9 Å². The number of ether oxygens (including phenoxy) is 2. The monoisotopic (exact) mass is 292 g/mol. The fourth-order valence-corrected chi connectivity index (χ4v) is 3.86. The Morgan fingerprint density at radius 3 is 2.67 bits per heavy atom. The summed E-state index contributed by atoms with van der Waals surface area (Å²) in [6, 6.07) is 6.54. The Kier molecular flexibility index (Phi) is 4.06. The molecule has 0 bridgehead atoms. The minimum atomic E-state index is -0.293. The van der Waals surface area contributed by atoms with Crippen LogP contribution >= 0.6 is 0 Å². The minimum absolute atomic E-state index is 0.283. The first-order chi connectivity index (χ1) is 10.1. The molecule has 5 atom stereocenters. The number of hydrogen-bond acceptors (Lipinski definition) is 5. The van der Waals surface area contributed by atoms with Crippen molar-refractivity contribution >= 4 is 0 Å². The molecule has 116 valence electrons. The van der Waals surface area contributed by atoms with Crippen molar-refractivity contribution in [3.05, 3.63) is 23.8 Å². The van der Waals surface area contributed by atoms with Crippen LogP contribution in [0.3, 0.4) is 0 Å². The molecular weight excluding hydrogens is 268 g/mol. The standard InChI is InChI=1S/C16H24N2O3/c1-9-16-13(18-17-9)6-10(7-14(16)19)12-5-4-11(20-2)8-15(12)21-3/h4-5,8-10,13-14,16-19H,6-7H2,1-3H3. The summed E-state index contributed by atoms with van der Waals surface area (Å²) >= 11 is 0. The van der Waals surface area contributed by atoms with E-state index in [0.29, 0.717) is 18.0 Å². The topological polar surface area (TPSA) is 62.8 Å². The van der Waals surface area contributed by atoms with Crippen molar-refractivity contribution in [1.29, 1.82) is 0 Å². The van der Waals surface area contributed by atoms with Gasteiger partial charge in [0.05, 0.1) is 20.3 Å². The molecule has 3 rings (SSSR count). The molecule has 5 unspecified atom stereocenters. The number of hydrazine groups is 1. The first-order valence-corrected chi connectivity index (χ1v) is 7.55. The van der Waals surface area contributed by atoms with Gasteiger partial charge in [0.1, 0.15) is 11.5 Å². The zero-order chi connectivity index (χ0) is 15.0. The van der Waals surface area contributed by atoms with Crippen LogP contribution in [0.25, 0.3) is 0 Å². The van der Waals surface area contributed by atoms with Crippen molar-refractivity contribution < 1.29 is 14.6 Å². The number of aliphatic hydroxyl groups is 1. The Bertz CT molecular complexity index is 508. The van der Waals surface area contributed by atoms with Gasteiger partial charge in [-0.05, 0) is 37.3 Å². The van der Waals surface area contributed by atoms with Crippen molar-refractivity contribution in [1.82, 2.24) is 10.9 Å². The summed E-state index contributed by atoms with van der Waals surface area (Å²) in [7, 11) is 3.33. The maximum Gasteiger partial charge on any atom is 0.126 e. The van der Waals surface area contributed by atoms with E-state index < -0.39 is 0 Å². The van der Waals surface area contributed by atoms with Gasteiger partial charge in [-0.2, -0.15) is 0 Å². The molecule has 1 saturated carbocycles. The Labute approximate surface area is 125 Å². The van der Waals surface area contributed by atoms with E-state index in [4.69, 9.17) is 9.47 Å². The molecule has 0 aromatic heterocycles. The second kappa shape index (κ2) is 5.83. The maximum atomic E-state index is 10.5. The molecule has 5 nitrogen and oxygen atoms in total. The Balaban J connectivity index is 1.85. The van der Waals surface area contributed by atoms with Gasteiger partial charge in [-0.1, -0.05) is 6.07 Å². The summed E-state index contributed by atoms with van der Waals surface area (Å²) < 4.78 is 10.8. The second-order valence-corrected chi connectivity index (χ2v) is 6.10. The highest BCUT2D eigenvalue weighted by Gasteiger charge is 2.44. The lowest BCUT2D eigenvalue weighted by Crippen LogP contribution is -2.43. The fraction of sp³-hybridized carbons (Fsp3) is 0.625. The van der Waals surface area contributed by atoms with Gasteiger partial charge < -0.3 is 14.6 Å². The summed E-state index contributed by atoms with van der Waals surface area (Å²) in [6.07, 6.45) is 1.48. The van der Waals surface area contributed by atoms with E-state index in [1.54, 1.807) is 14.2 Å². The third-order valence-corrected chi connectivity index (χ3v) is 4.93. The summed E-state index contributed by atoms with van der Waals surface area (Å²) in [6.45, 7) is 2.12. The zero-order valence-electron chi connectivity index (χ0n) is 12.8. The predicted octanol–water partition coefficient (Wildman–Crippen LogP) is 1.42. The van der Waals surface area contributed by atoms with E-state index in [0.717, 1.165) is 29.9 Å². The molecule has 21 heavy (non-hydrogen) atoms. The van der Waals surface area contributed by atoms with E-state index >= 15 is 0 Å². The average molecular weight is 292 g/mol. The van der Waals surface area contributed by atoms with E-state index in [9.17, 15) is 5.11 Å². The largest absolute Gasteiger partial charge is 0.497 e. The number of aliphatic hydroxyl groups excluding tert-OH is 1. The van der Waals surface area contributed by atoms with Gasteiger partial charge in [0.25, 0.3) is 0 Å². The molecule has 1 aromatic rings. The van der Waals surface area contributed by atoms with Crippen LogP contribution in [-0.2, 0) is 0 Å². The van der Waals surface area contributed by atoms with Crippen molar-refractivity contribution in [3.63, 3.8) is 0 Å². The highest BCUT2D eigenvalue weighted by Crippen LogP contribution is 2.42. The van der Waals surface area contributed by atoms with E-state index in [2.05, 4.69) is 23.8 Å². The Morgan fingerprint density at radius 1 is 1.14 bits per heavy atom. The van der Waals surface area contributed by atoms with Crippen LogP contribution in [0.5, 0.6) is 11.5 Å². The number of rotatable bonds is 3. The maximum absolute atomic E-state index is 10.5. The average Bonchev–Trinajstić information content (AvgIpc) is 2.88. The zero-order valence-corrected chi connectivity index (χ0v) is 12.8. The summed E-state index contributed by atoms with van der Waals surface area (Å²) in [5.41, 5.74) is 7.72. The summed E-state index contributed by atoms with van der Waals surface area (Å²) in [4.78, 5) is 0. The van der Waals surface area contributed by atoms with Crippen LogP contribution in [0.15, 0.2) is 18.2 Å². The number of benzene rings is 1. The molecule has 1 aliphatic carbocycles. The number of hydrogen-bond donors (Lipinski definition) is 3. The SMILES string of the molecule is COc1ccc(C2CC(O)C3C(C)NNC3C2)c(OC)c1. The van der Waals surface area contributed by atoms with Crippen LogP contribution in [-0.4, -0.2) is 37.5 Å². The van der Waals surface area contributed by atoms with Crippen molar-refractivity contribution in [2.24, 2.45) is 5.92 Å². The molecule has 1 aromatic carbocycles. The molecule has 1 aliphatic heterocycles. The number of nitrogens with one attached hydrogen (secondary N) is 2. The normalized spacial score (nSPS) is 35.3. The van der Waals surface area contributed by atoms with Crippen LogP contribution in [0.1, 0.15) is 31.2 Å². The van der Waals surface area contributed by atoms with Crippen LogP contribution in [0.2, 0.25) is 0 Å². The van der Waals surface area contributed by atoms with Crippen LogP contribution < -0.4 is 20.3 Å². The van der Waals surface area contributed by atoms with Gasteiger partial charge in [0, 0.05) is 24.1 Å². The second-order valence-electron chi connectivity index (χ2n) is 6.10. The highest BCUT2D eigenvalue weighted by molar-refractivity contribution is 5.43. The highest BCUT2D eigenvalue weighted by atomic mass is 16.5. The molecule has 2 fully saturated rings. The quantitative estimate of drug-likeness (QED) is 0.786. The first kappa shape index (κ1) is 14.6. The van der Waals surface area contributed by atoms with Gasteiger partial charge in [-0.25, -0.2) is 0 Å². The Morgan fingerprint density at radius 2 is 1.95 bits per heavy atom. The molecule has 0 spiro atoms. The van der Waals surface area contributed by atoms with Crippen molar-refractivity contribution in [2.75, 3.05) is 14.2 Å². The Hall–Kier alpha value is -1.30. The number of fused-ring (bicyclic) bond motifs is 1. The molecule has 5 heteroatoms. The number of methoxy groups -OCH3 is 2. The van der Waals surface area contributed by atoms with Crippen molar-refractivity contribution in [3.8, 4) is 11.5 Å². The molecule has 1 heterocycles. The van der Waals surface area contributed by atoms with E-state index in [1.165, 1.54) is 0 Å². The molecule has 0 radical (unpaired) electrons.